The van der Waals surface area contributed by atoms with Crippen molar-refractivity contribution in [3.63, 3.8) is 0 Å². The molecular formula is C21H33N3O5. The van der Waals surface area contributed by atoms with Crippen LogP contribution in [0, 0.1) is 31.1 Å². The van der Waals surface area contributed by atoms with Crippen molar-refractivity contribution in [1.82, 2.24) is 9.97 Å². The van der Waals surface area contributed by atoms with E-state index in [-0.39, 0.29) is 24.4 Å². The van der Waals surface area contributed by atoms with Crippen LogP contribution >= 0.6 is 0 Å². The van der Waals surface area contributed by atoms with E-state index in [1.165, 1.54) is 0 Å². The third-order valence-corrected chi connectivity index (χ3v) is 5.84. The number of aromatic nitrogens is 2. The molecule has 1 aromatic rings. The van der Waals surface area contributed by atoms with Gasteiger partial charge in [-0.25, -0.2) is 4.98 Å². The van der Waals surface area contributed by atoms with Crippen molar-refractivity contribution in [3.8, 4) is 5.88 Å². The molecule has 0 saturated heterocycles. The Morgan fingerprint density at radius 1 is 1.38 bits per heavy atom. The summed E-state index contributed by atoms with van der Waals surface area (Å²) in [7, 11) is 0. The molecule has 0 unspecified atom stereocenters. The first kappa shape index (κ1) is 20.3. The van der Waals surface area contributed by atoms with E-state index < -0.39 is 17.2 Å². The van der Waals surface area contributed by atoms with Crippen molar-refractivity contribution in [1.29, 1.82) is 1.43 Å². The van der Waals surface area contributed by atoms with Gasteiger partial charge < -0.3 is 25.0 Å². The number of hydrogen-bond acceptors (Lipinski definition) is 8. The fourth-order valence-corrected chi connectivity index (χ4v) is 4.31. The smallest absolute Gasteiger partial charge is 0.311 e. The monoisotopic (exact) mass is 409 g/mol. The SMILES string of the molecule is [3H]OCCC[C@H]1C[C@H](CCOC(=O)C(C)(C)C)[C@@]2(O)Nc3c(C)nc(C)nc3O[C@@H]12. The van der Waals surface area contributed by atoms with Gasteiger partial charge in [0.25, 0.3) is 0 Å². The summed E-state index contributed by atoms with van der Waals surface area (Å²) in [5.41, 5.74) is -0.554. The minimum atomic E-state index is -1.31. The van der Waals surface area contributed by atoms with E-state index >= 15 is 0 Å². The average molecular weight is 410 g/mol. The molecule has 2 heterocycles. The first-order valence-corrected chi connectivity index (χ1v) is 10.3. The normalized spacial score (nSPS) is 28.6. The number of carbonyl (C=O) groups excluding carboxylic acids is 1. The van der Waals surface area contributed by atoms with E-state index in [2.05, 4.69) is 20.4 Å². The Bertz CT molecular complexity index is 785. The molecular weight excluding hydrogens is 374 g/mol. The van der Waals surface area contributed by atoms with Crippen LogP contribution < -0.4 is 10.1 Å². The molecule has 0 aromatic carbocycles. The highest BCUT2D eigenvalue weighted by molar-refractivity contribution is 5.75. The van der Waals surface area contributed by atoms with Gasteiger partial charge in [-0.15, -0.1) is 0 Å². The van der Waals surface area contributed by atoms with Gasteiger partial charge in [0.2, 0.25) is 7.31 Å². The van der Waals surface area contributed by atoms with Gasteiger partial charge in [0.15, 0.2) is 11.8 Å². The summed E-state index contributed by atoms with van der Waals surface area (Å²) in [5.74, 6) is 0.694. The van der Waals surface area contributed by atoms with E-state index in [0.29, 0.717) is 49.0 Å². The lowest BCUT2D eigenvalue weighted by molar-refractivity contribution is -0.154. The number of rotatable bonds is 7. The number of carbonyl (C=O) groups is 1. The zero-order chi connectivity index (χ0) is 22.1. The number of aliphatic hydroxyl groups excluding tert-OH is 1. The second kappa shape index (κ2) is 8.07. The lowest BCUT2D eigenvalue weighted by Gasteiger charge is -2.42. The van der Waals surface area contributed by atoms with Crippen molar-refractivity contribution >= 4 is 11.7 Å². The van der Waals surface area contributed by atoms with Crippen LogP contribution in [0.1, 0.15) is 58.0 Å². The number of nitrogens with one attached hydrogen (secondary N) is 1. The molecule has 3 N–H and O–H groups in total. The fraction of sp³-hybridized carbons (Fsp3) is 0.762. The standard InChI is InChI=1S/C21H33N3O5/c1-12-16-18(23-13(2)22-12)29-17-14(7-6-9-25)11-15(21(17,27)24-16)8-10-28-19(26)20(3,4)5/h14-15,17,24-25,27H,6-11H2,1-5H3/t14-,15-,17-,21-/m0/s1/i25T. The maximum absolute atomic E-state index is 12.1. The van der Waals surface area contributed by atoms with Gasteiger partial charge in [-0.1, -0.05) is 0 Å². The summed E-state index contributed by atoms with van der Waals surface area (Å²) in [6.07, 6.45) is 2.18. The number of aryl methyl sites for hydroxylation is 2. The minimum absolute atomic E-state index is 0.0599. The molecule has 1 fully saturated rings. The van der Waals surface area contributed by atoms with Crippen LogP contribution in [-0.4, -0.2) is 52.6 Å². The Morgan fingerprint density at radius 3 is 2.83 bits per heavy atom. The Kier molecular flexibility index (Phi) is 5.66. The molecule has 162 valence electrons. The molecule has 2 aliphatic rings. The van der Waals surface area contributed by atoms with Crippen molar-refractivity contribution < 1.29 is 24.5 Å². The minimum Gasteiger partial charge on any atom is -0.467 e. The van der Waals surface area contributed by atoms with Crippen LogP contribution in [-0.2, 0) is 9.53 Å². The highest BCUT2D eigenvalue weighted by Crippen LogP contribution is 2.50. The third kappa shape index (κ3) is 4.33. The Hall–Kier alpha value is -1.93. The number of hydrogen-bond donors (Lipinski definition) is 3. The molecule has 29 heavy (non-hydrogen) atoms. The lowest BCUT2D eigenvalue weighted by Crippen LogP contribution is -2.57. The van der Waals surface area contributed by atoms with Crippen molar-refractivity contribution in [3.05, 3.63) is 11.5 Å². The fourth-order valence-electron chi connectivity index (χ4n) is 4.31. The quantitative estimate of drug-likeness (QED) is 0.464. The summed E-state index contributed by atoms with van der Waals surface area (Å²) in [6, 6.07) is 0. The summed E-state index contributed by atoms with van der Waals surface area (Å²) >= 11 is 0. The molecule has 8 nitrogen and oxygen atoms in total. The second-order valence-corrected chi connectivity index (χ2v) is 9.24. The predicted octanol–water partition coefficient (Wildman–Crippen LogP) is 2.34. The number of fused-ring (bicyclic) bond motifs is 2. The van der Waals surface area contributed by atoms with E-state index in [1.54, 1.807) is 0 Å². The van der Waals surface area contributed by atoms with Gasteiger partial charge in [-0.3, -0.25) is 4.79 Å². The molecule has 1 aliphatic heterocycles. The molecule has 0 bridgehead atoms. The highest BCUT2D eigenvalue weighted by atomic mass is 16.5. The Labute approximate surface area is 173 Å². The predicted molar refractivity (Wildman–Crippen MR) is 107 cm³/mol. The van der Waals surface area contributed by atoms with Crippen LogP contribution in [0.4, 0.5) is 5.69 Å². The average Bonchev–Trinajstić information content (AvgIpc) is 2.91. The van der Waals surface area contributed by atoms with Gasteiger partial charge >= 0.3 is 5.97 Å². The van der Waals surface area contributed by atoms with E-state index in [4.69, 9.17) is 10.9 Å². The summed E-state index contributed by atoms with van der Waals surface area (Å²) in [6.45, 7) is 9.68. The molecule has 1 saturated carbocycles. The number of esters is 1. The molecule has 0 radical (unpaired) electrons. The number of anilines is 1. The van der Waals surface area contributed by atoms with E-state index in [1.807, 2.05) is 34.6 Å². The third-order valence-electron chi connectivity index (χ3n) is 5.84. The van der Waals surface area contributed by atoms with Gasteiger partial charge in [-0.05, 0) is 60.3 Å². The first-order valence-electron chi connectivity index (χ1n) is 10.7. The second-order valence-electron chi connectivity index (χ2n) is 9.24. The topological polar surface area (TPSA) is 114 Å². The Balaban J connectivity index is 1.79. The summed E-state index contributed by atoms with van der Waals surface area (Å²) in [5, 5.41) is 19.4. The highest BCUT2D eigenvalue weighted by Gasteiger charge is 2.58. The summed E-state index contributed by atoms with van der Waals surface area (Å²) in [4.78, 5) is 20.9. The van der Waals surface area contributed by atoms with Crippen molar-refractivity contribution in [2.45, 2.75) is 72.1 Å². The van der Waals surface area contributed by atoms with Crippen LogP contribution in [0.3, 0.4) is 0 Å². The van der Waals surface area contributed by atoms with Crippen LogP contribution in [0.5, 0.6) is 5.88 Å². The maximum atomic E-state index is 12.1. The zero-order valence-electron chi connectivity index (χ0n) is 18.9. The van der Waals surface area contributed by atoms with Gasteiger partial charge in [0.05, 0.1) is 17.7 Å². The van der Waals surface area contributed by atoms with Gasteiger partial charge in [0, 0.05) is 18.4 Å². The van der Waals surface area contributed by atoms with Crippen LogP contribution in [0.25, 0.3) is 0 Å². The van der Waals surface area contributed by atoms with Gasteiger partial charge in [-0.2, -0.15) is 4.98 Å². The van der Waals surface area contributed by atoms with Gasteiger partial charge in [0.1, 0.15) is 11.5 Å². The Morgan fingerprint density at radius 2 is 2.14 bits per heavy atom. The largest absolute Gasteiger partial charge is 0.467 e. The number of ether oxygens (including phenoxy) is 2. The van der Waals surface area contributed by atoms with Crippen LogP contribution in [0.2, 0.25) is 0 Å². The van der Waals surface area contributed by atoms with E-state index in [9.17, 15) is 9.90 Å². The van der Waals surface area contributed by atoms with Crippen molar-refractivity contribution in [2.24, 2.45) is 17.3 Å². The molecule has 0 spiro atoms. The molecule has 4 atom stereocenters. The lowest BCUT2D eigenvalue weighted by atomic mass is 9.93. The van der Waals surface area contributed by atoms with Crippen molar-refractivity contribution in [2.75, 3.05) is 18.5 Å². The molecule has 1 aliphatic carbocycles. The molecule has 3 rings (SSSR count). The van der Waals surface area contributed by atoms with Crippen LogP contribution in [0.15, 0.2) is 0 Å². The summed E-state index contributed by atoms with van der Waals surface area (Å²) < 4.78 is 18.6. The number of aliphatic hydroxyl groups is 2. The number of nitrogens with zero attached hydrogens (tertiary/aromatic N) is 2. The molecule has 8 heteroatoms. The molecule has 1 aromatic heterocycles. The first-order chi connectivity index (χ1) is 14.1. The zero-order valence-corrected chi connectivity index (χ0v) is 17.9. The molecule has 0 amide bonds. The van der Waals surface area contributed by atoms with E-state index in [0.717, 1.165) is 6.42 Å². The maximum Gasteiger partial charge on any atom is 0.311 e.